The molecule has 0 saturated carbocycles. The van der Waals surface area contributed by atoms with Crippen LogP contribution in [0.25, 0.3) is 10.8 Å². The van der Waals surface area contributed by atoms with E-state index in [2.05, 4.69) is 0 Å². The highest BCUT2D eigenvalue weighted by Crippen LogP contribution is 2.26. The maximum Gasteiger partial charge on any atom is 0.319 e. The third-order valence-corrected chi connectivity index (χ3v) is 2.68. The lowest BCUT2D eigenvalue weighted by Crippen LogP contribution is -2.39. The number of carbonyl (C=O) groups excluding carboxylic acids is 1. The van der Waals surface area contributed by atoms with Crippen LogP contribution < -0.4 is 16.4 Å². The molecule has 0 aliphatic carbocycles. The first-order valence-corrected chi connectivity index (χ1v) is 5.49. The first kappa shape index (κ1) is 11.4. The minimum absolute atomic E-state index is 0.381. The summed E-state index contributed by atoms with van der Waals surface area (Å²) in [5.41, 5.74) is 11.7. The molecule has 0 fully saturated rings. The monoisotopic (exact) mass is 229 g/mol. The number of hydrogen-bond donors (Lipinski definition) is 2. The highest BCUT2D eigenvalue weighted by atomic mass is 16.2. The Labute approximate surface area is 99.8 Å². The lowest BCUT2D eigenvalue weighted by atomic mass is 10.1. The third-order valence-electron chi connectivity index (χ3n) is 2.68. The fourth-order valence-corrected chi connectivity index (χ4v) is 1.92. The van der Waals surface area contributed by atoms with Crippen LogP contribution in [0, 0.1) is 0 Å². The van der Waals surface area contributed by atoms with Crippen molar-refractivity contribution >= 4 is 22.5 Å². The normalized spacial score (nSPS) is 10.4. The predicted molar refractivity (Wildman–Crippen MR) is 69.9 cm³/mol. The fourth-order valence-electron chi connectivity index (χ4n) is 1.92. The molecule has 0 aromatic heterocycles. The number of hydrogen-bond acceptors (Lipinski definition) is 2. The zero-order chi connectivity index (χ0) is 12.3. The van der Waals surface area contributed by atoms with Crippen molar-refractivity contribution in [2.45, 2.75) is 0 Å². The molecule has 2 rings (SSSR count). The zero-order valence-electron chi connectivity index (χ0n) is 9.47. The molecule has 0 aliphatic rings. The van der Waals surface area contributed by atoms with Gasteiger partial charge in [-0.05, 0) is 11.5 Å². The molecule has 88 valence electrons. The minimum Gasteiger partial charge on any atom is -0.351 e. The fraction of sp³-hybridized carbons (Fsp3) is 0.154. The van der Waals surface area contributed by atoms with E-state index in [0.717, 1.165) is 16.5 Å². The molecule has 4 heteroatoms. The number of nitrogens with zero attached hydrogens (tertiary/aromatic N) is 1. The molecule has 0 heterocycles. The number of benzene rings is 2. The van der Waals surface area contributed by atoms with Crippen LogP contribution in [-0.2, 0) is 0 Å². The van der Waals surface area contributed by atoms with Gasteiger partial charge in [0.05, 0.1) is 5.69 Å². The summed E-state index contributed by atoms with van der Waals surface area (Å²) in [6, 6.07) is 13.2. The van der Waals surface area contributed by atoms with Gasteiger partial charge in [0, 0.05) is 18.5 Å². The van der Waals surface area contributed by atoms with E-state index in [-0.39, 0.29) is 0 Å². The van der Waals surface area contributed by atoms with Crippen LogP contribution in [0.4, 0.5) is 10.5 Å². The number of anilines is 1. The van der Waals surface area contributed by atoms with Crippen LogP contribution in [0.2, 0.25) is 0 Å². The second-order valence-corrected chi connectivity index (χ2v) is 3.78. The summed E-state index contributed by atoms with van der Waals surface area (Å²) < 4.78 is 0. The molecule has 0 aliphatic heterocycles. The van der Waals surface area contributed by atoms with Gasteiger partial charge in [-0.25, -0.2) is 4.79 Å². The minimum atomic E-state index is -0.480. The summed E-state index contributed by atoms with van der Waals surface area (Å²) in [5, 5.41) is 2.08. The summed E-state index contributed by atoms with van der Waals surface area (Å²) in [6.07, 6.45) is 0. The maximum atomic E-state index is 11.4. The van der Waals surface area contributed by atoms with Crippen molar-refractivity contribution in [2.24, 2.45) is 11.5 Å². The first-order chi connectivity index (χ1) is 8.24. The number of carbonyl (C=O) groups is 1. The quantitative estimate of drug-likeness (QED) is 0.840. The van der Waals surface area contributed by atoms with Gasteiger partial charge in [0.15, 0.2) is 0 Å². The standard InChI is InChI=1S/C13H15N3O/c14-8-9-16(13(15)17)12-7-3-5-10-4-1-2-6-11(10)12/h1-7H,8-9,14H2,(H2,15,17). The molecular weight excluding hydrogens is 214 g/mol. The lowest BCUT2D eigenvalue weighted by molar-refractivity contribution is 0.254. The topological polar surface area (TPSA) is 72.3 Å². The van der Waals surface area contributed by atoms with E-state index in [4.69, 9.17) is 11.5 Å². The van der Waals surface area contributed by atoms with Crippen LogP contribution in [0.15, 0.2) is 42.5 Å². The molecule has 0 radical (unpaired) electrons. The molecular formula is C13H15N3O. The summed E-state index contributed by atoms with van der Waals surface area (Å²) in [6.45, 7) is 0.801. The maximum absolute atomic E-state index is 11.4. The van der Waals surface area contributed by atoms with Gasteiger partial charge >= 0.3 is 6.03 Å². The molecule has 0 atom stereocenters. The molecule has 0 spiro atoms. The van der Waals surface area contributed by atoms with Crippen molar-refractivity contribution in [2.75, 3.05) is 18.0 Å². The Morgan fingerprint density at radius 1 is 1.12 bits per heavy atom. The Kier molecular flexibility index (Phi) is 3.25. The van der Waals surface area contributed by atoms with Gasteiger partial charge in [0.2, 0.25) is 0 Å². The van der Waals surface area contributed by atoms with Crippen LogP contribution in [0.1, 0.15) is 0 Å². The average molecular weight is 229 g/mol. The van der Waals surface area contributed by atoms with Crippen molar-refractivity contribution < 1.29 is 4.79 Å². The molecule has 4 nitrogen and oxygen atoms in total. The second-order valence-electron chi connectivity index (χ2n) is 3.78. The van der Waals surface area contributed by atoms with Gasteiger partial charge in [0.1, 0.15) is 0 Å². The SMILES string of the molecule is NCCN(C(N)=O)c1cccc2ccccc12. The van der Waals surface area contributed by atoms with E-state index in [1.54, 1.807) is 0 Å². The predicted octanol–water partition coefficient (Wildman–Crippen LogP) is 1.68. The van der Waals surface area contributed by atoms with Crippen LogP contribution in [0.3, 0.4) is 0 Å². The smallest absolute Gasteiger partial charge is 0.319 e. The van der Waals surface area contributed by atoms with Crippen LogP contribution in [0.5, 0.6) is 0 Å². The van der Waals surface area contributed by atoms with Crippen LogP contribution >= 0.6 is 0 Å². The van der Waals surface area contributed by atoms with Gasteiger partial charge in [-0.15, -0.1) is 0 Å². The van der Waals surface area contributed by atoms with Gasteiger partial charge in [-0.2, -0.15) is 0 Å². The average Bonchev–Trinajstić information content (AvgIpc) is 2.35. The van der Waals surface area contributed by atoms with Crippen molar-refractivity contribution in [3.63, 3.8) is 0 Å². The largest absolute Gasteiger partial charge is 0.351 e. The first-order valence-electron chi connectivity index (χ1n) is 5.49. The Hall–Kier alpha value is -2.07. The summed E-state index contributed by atoms with van der Waals surface area (Å²) in [5.74, 6) is 0. The van der Waals surface area contributed by atoms with Crippen molar-refractivity contribution in [3.8, 4) is 0 Å². The molecule has 4 N–H and O–H groups in total. The summed E-state index contributed by atoms with van der Waals surface area (Å²) >= 11 is 0. The lowest BCUT2D eigenvalue weighted by Gasteiger charge is -2.21. The summed E-state index contributed by atoms with van der Waals surface area (Å²) in [7, 11) is 0. The van der Waals surface area contributed by atoms with E-state index in [9.17, 15) is 4.79 Å². The number of fused-ring (bicyclic) bond motifs is 1. The van der Waals surface area contributed by atoms with Crippen LogP contribution in [-0.4, -0.2) is 19.1 Å². The number of nitrogens with two attached hydrogens (primary N) is 2. The zero-order valence-corrected chi connectivity index (χ0v) is 9.47. The Morgan fingerprint density at radius 3 is 2.53 bits per heavy atom. The Balaban J connectivity index is 2.56. The molecule has 0 unspecified atom stereocenters. The van der Waals surface area contributed by atoms with E-state index < -0.39 is 6.03 Å². The molecule has 2 aromatic carbocycles. The highest BCUT2D eigenvalue weighted by molar-refractivity contribution is 6.02. The number of rotatable bonds is 3. The molecule has 2 aromatic rings. The Bertz CT molecular complexity index is 534. The van der Waals surface area contributed by atoms with Gasteiger partial charge < -0.3 is 11.5 Å². The van der Waals surface area contributed by atoms with Gasteiger partial charge in [-0.3, -0.25) is 4.90 Å². The number of urea groups is 1. The molecule has 0 bridgehead atoms. The highest BCUT2D eigenvalue weighted by Gasteiger charge is 2.13. The van der Waals surface area contributed by atoms with Crippen molar-refractivity contribution in [3.05, 3.63) is 42.5 Å². The Morgan fingerprint density at radius 2 is 1.82 bits per heavy atom. The van der Waals surface area contributed by atoms with E-state index in [1.807, 2.05) is 42.5 Å². The molecule has 17 heavy (non-hydrogen) atoms. The van der Waals surface area contributed by atoms with E-state index in [0.29, 0.717) is 13.1 Å². The van der Waals surface area contributed by atoms with E-state index in [1.165, 1.54) is 4.90 Å². The molecule has 2 amide bonds. The van der Waals surface area contributed by atoms with Crippen molar-refractivity contribution in [1.82, 2.24) is 0 Å². The summed E-state index contributed by atoms with van der Waals surface area (Å²) in [4.78, 5) is 12.9. The molecule has 0 saturated heterocycles. The van der Waals surface area contributed by atoms with E-state index >= 15 is 0 Å². The second kappa shape index (κ2) is 4.84. The van der Waals surface area contributed by atoms with Crippen molar-refractivity contribution in [1.29, 1.82) is 0 Å². The van der Waals surface area contributed by atoms with Gasteiger partial charge in [-0.1, -0.05) is 36.4 Å². The number of amides is 2. The van der Waals surface area contributed by atoms with Gasteiger partial charge in [0.25, 0.3) is 0 Å². The number of primary amides is 1. The third kappa shape index (κ3) is 2.21.